The Morgan fingerprint density at radius 3 is 2.53 bits per heavy atom. The van der Waals surface area contributed by atoms with Gasteiger partial charge in [-0.1, -0.05) is 25.9 Å². The number of nitrogens with zero attached hydrogens (tertiary/aromatic N) is 3. The van der Waals surface area contributed by atoms with Gasteiger partial charge in [-0.3, -0.25) is 14.3 Å². The Hall–Kier alpha value is -2.43. The van der Waals surface area contributed by atoms with Crippen molar-refractivity contribution in [2.45, 2.75) is 90.8 Å². The van der Waals surface area contributed by atoms with Gasteiger partial charge in [-0.25, -0.2) is 4.68 Å². The van der Waals surface area contributed by atoms with Crippen LogP contribution in [-0.4, -0.2) is 44.5 Å². The zero-order chi connectivity index (χ0) is 25.0. The first-order chi connectivity index (χ1) is 15.9. The summed E-state index contributed by atoms with van der Waals surface area (Å²) < 4.78 is 20.7. The summed E-state index contributed by atoms with van der Waals surface area (Å²) in [5.41, 5.74) is 0.730. The molecule has 1 aliphatic heterocycles. The Labute approximate surface area is 199 Å². The summed E-state index contributed by atoms with van der Waals surface area (Å²) >= 11 is 0. The van der Waals surface area contributed by atoms with Crippen LogP contribution in [-0.2, 0) is 16.5 Å². The number of carbonyl (C=O) groups is 1. The number of methoxy groups -OCH3 is 1. The van der Waals surface area contributed by atoms with Crippen molar-refractivity contribution < 1.29 is 23.9 Å². The molecule has 3 heterocycles. The normalized spacial score (nSPS) is 25.9. The van der Waals surface area contributed by atoms with E-state index >= 15 is 0 Å². The first-order valence-corrected chi connectivity index (χ1v) is 11.9. The van der Waals surface area contributed by atoms with E-state index < -0.39 is 23.2 Å². The lowest BCUT2D eigenvalue weighted by atomic mass is 9.79. The molecular weight excluding hydrogens is 440 g/mol. The Balaban J connectivity index is 1.59. The third-order valence-corrected chi connectivity index (χ3v) is 7.54. The second-order valence-electron chi connectivity index (χ2n) is 10.6. The summed E-state index contributed by atoms with van der Waals surface area (Å²) in [6.07, 6.45) is 2.91. The van der Waals surface area contributed by atoms with Gasteiger partial charge in [0.05, 0.1) is 17.8 Å². The van der Waals surface area contributed by atoms with E-state index in [2.05, 4.69) is 10.5 Å². The molecular formula is C24H36N4O6. The van der Waals surface area contributed by atoms with Crippen LogP contribution in [0.25, 0.3) is 0 Å². The molecule has 34 heavy (non-hydrogen) atoms. The zero-order valence-electron chi connectivity index (χ0n) is 21.1. The van der Waals surface area contributed by atoms with Crippen molar-refractivity contribution in [2.24, 2.45) is 12.5 Å². The van der Waals surface area contributed by atoms with Crippen molar-refractivity contribution in [3.8, 4) is 0 Å². The molecule has 0 radical (unpaired) electrons. The first-order valence-electron chi connectivity index (χ1n) is 11.9. The lowest BCUT2D eigenvalue weighted by Gasteiger charge is -2.47. The average Bonchev–Trinajstić information content (AvgIpc) is 3.20. The van der Waals surface area contributed by atoms with Crippen LogP contribution in [0.1, 0.15) is 92.5 Å². The van der Waals surface area contributed by atoms with E-state index in [0.717, 1.165) is 19.3 Å². The number of anilines is 1. The predicted octanol–water partition coefficient (Wildman–Crippen LogP) is 3.37. The second-order valence-corrected chi connectivity index (χ2v) is 10.6. The summed E-state index contributed by atoms with van der Waals surface area (Å²) in [7, 11) is 3.42. The number of hydrogen-bond donors (Lipinski definition) is 2. The molecule has 0 unspecified atom stereocenters. The highest BCUT2D eigenvalue weighted by Crippen LogP contribution is 2.46. The van der Waals surface area contributed by atoms with Crippen molar-refractivity contribution in [3.63, 3.8) is 0 Å². The van der Waals surface area contributed by atoms with Crippen LogP contribution in [0.2, 0.25) is 0 Å². The highest BCUT2D eigenvalue weighted by atomic mass is 16.6. The number of nitrogens with one attached hydrogen (secondary N) is 1. The molecule has 2 aromatic heterocycles. The Bertz CT molecular complexity index is 1140. The van der Waals surface area contributed by atoms with Crippen molar-refractivity contribution in [2.75, 3.05) is 12.4 Å². The maximum Gasteiger partial charge on any atom is 0.291 e. The average molecular weight is 477 g/mol. The molecule has 188 valence electrons. The summed E-state index contributed by atoms with van der Waals surface area (Å²) in [5, 5.41) is 18.0. The molecule has 2 fully saturated rings. The minimum absolute atomic E-state index is 0.0790. The fourth-order valence-electron chi connectivity index (χ4n) is 4.73. The lowest BCUT2D eigenvalue weighted by molar-refractivity contribution is -0.323. The van der Waals surface area contributed by atoms with E-state index in [4.69, 9.17) is 14.0 Å². The molecule has 0 aromatic carbocycles. The van der Waals surface area contributed by atoms with Crippen LogP contribution in [0.5, 0.6) is 0 Å². The summed E-state index contributed by atoms with van der Waals surface area (Å²) in [6.45, 7) is 9.22. The number of hydrogen-bond acceptors (Lipinski definition) is 7. The SMILES string of the molecule is CO[C@H]1C[C@H](c2onc(C(=O)Nc3c(C)n(C)n(C4CCC4)c3=O)c2C)O[C@@](O)(C(C)(C)C)C1. The molecule has 2 aliphatic rings. The molecule has 2 N–H and O–H groups in total. The van der Waals surface area contributed by atoms with Crippen molar-refractivity contribution in [1.29, 1.82) is 0 Å². The highest BCUT2D eigenvalue weighted by Gasteiger charge is 2.50. The van der Waals surface area contributed by atoms with Crippen LogP contribution in [0.4, 0.5) is 5.69 Å². The van der Waals surface area contributed by atoms with Gasteiger partial charge >= 0.3 is 0 Å². The van der Waals surface area contributed by atoms with E-state index in [-0.39, 0.29) is 29.1 Å². The molecule has 1 amide bonds. The molecule has 10 nitrogen and oxygen atoms in total. The lowest BCUT2D eigenvalue weighted by Crippen LogP contribution is -2.52. The number of rotatable bonds is 5. The molecule has 3 atom stereocenters. The largest absolute Gasteiger partial charge is 0.381 e. The van der Waals surface area contributed by atoms with Crippen molar-refractivity contribution in [1.82, 2.24) is 14.5 Å². The molecule has 1 aliphatic carbocycles. The maximum absolute atomic E-state index is 13.1. The molecule has 4 rings (SSSR count). The van der Waals surface area contributed by atoms with Gasteiger partial charge < -0.3 is 24.4 Å². The molecule has 10 heteroatoms. The first kappa shape index (κ1) is 24.7. The van der Waals surface area contributed by atoms with Crippen LogP contribution >= 0.6 is 0 Å². The molecule has 1 saturated carbocycles. The third-order valence-electron chi connectivity index (χ3n) is 7.54. The second kappa shape index (κ2) is 8.66. The van der Waals surface area contributed by atoms with E-state index in [9.17, 15) is 14.7 Å². The molecule has 1 saturated heterocycles. The number of aromatic nitrogens is 3. The molecule has 2 aromatic rings. The van der Waals surface area contributed by atoms with Crippen LogP contribution in [0.3, 0.4) is 0 Å². The summed E-state index contributed by atoms with van der Waals surface area (Å²) in [5.74, 6) is -1.60. The Morgan fingerprint density at radius 2 is 1.97 bits per heavy atom. The van der Waals surface area contributed by atoms with E-state index in [1.807, 2.05) is 27.8 Å². The van der Waals surface area contributed by atoms with Crippen molar-refractivity contribution in [3.05, 3.63) is 33.1 Å². The minimum Gasteiger partial charge on any atom is -0.381 e. The number of ether oxygens (including phenoxy) is 2. The monoisotopic (exact) mass is 476 g/mol. The quantitative estimate of drug-likeness (QED) is 0.679. The van der Waals surface area contributed by atoms with Crippen molar-refractivity contribution >= 4 is 11.6 Å². The fourth-order valence-corrected chi connectivity index (χ4v) is 4.73. The van der Waals surface area contributed by atoms with Gasteiger partial charge in [0.15, 0.2) is 17.2 Å². The van der Waals surface area contributed by atoms with Crippen LogP contribution < -0.4 is 10.9 Å². The van der Waals surface area contributed by atoms with Crippen LogP contribution in [0, 0.1) is 19.3 Å². The molecule has 0 bridgehead atoms. The van der Waals surface area contributed by atoms with E-state index in [1.165, 1.54) is 0 Å². The third kappa shape index (κ3) is 4.01. The van der Waals surface area contributed by atoms with E-state index in [1.54, 1.807) is 30.3 Å². The fraction of sp³-hybridized carbons (Fsp3) is 0.708. The number of carbonyl (C=O) groups excluding carboxylic acids is 1. The van der Waals surface area contributed by atoms with Gasteiger partial charge in [0.25, 0.3) is 11.5 Å². The van der Waals surface area contributed by atoms with Crippen LogP contribution in [0.15, 0.2) is 9.32 Å². The maximum atomic E-state index is 13.1. The van der Waals surface area contributed by atoms with Gasteiger partial charge in [0.2, 0.25) is 0 Å². The molecule has 0 spiro atoms. The predicted molar refractivity (Wildman–Crippen MR) is 125 cm³/mol. The Kier molecular flexibility index (Phi) is 6.28. The standard InChI is InChI=1S/C24H36N4O6/c1-13-18(21(29)25-19-14(2)27(6)28(22(19)30)15-9-8-10-15)26-34-20(13)17-11-16(32-7)12-24(31,33-17)23(3,4)5/h15-17,31H,8-12H2,1-7H3,(H,25,29)/t16-,17+,24+/m0/s1. The topological polar surface area (TPSA) is 121 Å². The zero-order valence-corrected chi connectivity index (χ0v) is 21.1. The van der Waals surface area contributed by atoms with Gasteiger partial charge in [-0.15, -0.1) is 0 Å². The van der Waals surface area contributed by atoms with Gasteiger partial charge in [-0.05, 0) is 33.1 Å². The summed E-state index contributed by atoms with van der Waals surface area (Å²) in [6, 6.07) is 0.168. The summed E-state index contributed by atoms with van der Waals surface area (Å²) in [4.78, 5) is 26.1. The highest BCUT2D eigenvalue weighted by molar-refractivity contribution is 6.04. The number of amides is 1. The Morgan fingerprint density at radius 1 is 1.29 bits per heavy atom. The van der Waals surface area contributed by atoms with E-state index in [0.29, 0.717) is 29.9 Å². The van der Waals surface area contributed by atoms with Gasteiger partial charge in [-0.2, -0.15) is 0 Å². The number of aliphatic hydroxyl groups is 1. The smallest absolute Gasteiger partial charge is 0.291 e. The van der Waals surface area contributed by atoms with Gasteiger partial charge in [0, 0.05) is 38.0 Å². The minimum atomic E-state index is -1.44. The van der Waals surface area contributed by atoms with Gasteiger partial charge in [0.1, 0.15) is 11.8 Å².